The number of nitrogens with one attached hydrogen (secondary N) is 1. The molecule has 0 unspecified atom stereocenters. The smallest absolute Gasteiger partial charge is 0.255 e. The van der Waals surface area contributed by atoms with Crippen LogP contribution in [0, 0.1) is 13.8 Å². The van der Waals surface area contributed by atoms with Gasteiger partial charge in [0.2, 0.25) is 0 Å². The molecule has 1 atom stereocenters. The van der Waals surface area contributed by atoms with Crippen LogP contribution in [0.2, 0.25) is 0 Å². The number of carbonyl (C=O) groups excluding carboxylic acids is 1. The average Bonchev–Trinajstić information content (AvgIpc) is 3.20. The summed E-state index contributed by atoms with van der Waals surface area (Å²) >= 11 is 0. The second-order valence-corrected chi connectivity index (χ2v) is 6.61. The Bertz CT molecular complexity index is 942. The molecule has 1 aliphatic carbocycles. The van der Waals surface area contributed by atoms with E-state index in [9.17, 15) is 4.79 Å². The van der Waals surface area contributed by atoms with Gasteiger partial charge in [-0.1, -0.05) is 42.5 Å². The molecule has 1 aromatic heterocycles. The van der Waals surface area contributed by atoms with Crippen molar-refractivity contribution >= 4 is 5.91 Å². The minimum atomic E-state index is -0.0564. The molecule has 2 aromatic carbocycles. The van der Waals surface area contributed by atoms with Gasteiger partial charge in [0.25, 0.3) is 5.91 Å². The number of benzene rings is 2. The van der Waals surface area contributed by atoms with E-state index in [2.05, 4.69) is 28.6 Å². The molecule has 3 aromatic rings. The fourth-order valence-electron chi connectivity index (χ4n) is 3.62. The zero-order chi connectivity index (χ0) is 17.4. The second kappa shape index (κ2) is 6.20. The minimum Gasteiger partial charge on any atom is -0.345 e. The summed E-state index contributed by atoms with van der Waals surface area (Å²) in [5.74, 6) is -0.0564. The number of rotatable bonds is 3. The number of aromatic nitrogens is 2. The van der Waals surface area contributed by atoms with Crippen molar-refractivity contribution in [2.24, 2.45) is 0 Å². The molecule has 0 saturated heterocycles. The van der Waals surface area contributed by atoms with Crippen molar-refractivity contribution in [1.29, 1.82) is 0 Å². The van der Waals surface area contributed by atoms with Crippen molar-refractivity contribution in [2.75, 3.05) is 0 Å². The van der Waals surface area contributed by atoms with Crippen molar-refractivity contribution in [1.82, 2.24) is 15.1 Å². The summed E-state index contributed by atoms with van der Waals surface area (Å²) in [5.41, 5.74) is 6.20. The highest BCUT2D eigenvalue weighted by Gasteiger charge is 2.25. The average molecular weight is 331 g/mol. The van der Waals surface area contributed by atoms with Crippen LogP contribution in [0.4, 0.5) is 0 Å². The molecule has 0 fully saturated rings. The van der Waals surface area contributed by atoms with Crippen LogP contribution in [0.5, 0.6) is 0 Å². The normalized spacial score (nSPS) is 15.8. The molecule has 0 spiro atoms. The molecule has 0 saturated carbocycles. The highest BCUT2D eigenvalue weighted by molar-refractivity contribution is 5.95. The number of fused-ring (bicyclic) bond motifs is 1. The third-order valence-corrected chi connectivity index (χ3v) is 5.04. The number of para-hydroxylation sites is 1. The van der Waals surface area contributed by atoms with Crippen LogP contribution in [0.3, 0.4) is 0 Å². The van der Waals surface area contributed by atoms with E-state index >= 15 is 0 Å². The molecule has 0 aliphatic heterocycles. The lowest BCUT2D eigenvalue weighted by Gasteiger charge is -2.14. The van der Waals surface area contributed by atoms with E-state index in [0.29, 0.717) is 5.56 Å². The summed E-state index contributed by atoms with van der Waals surface area (Å²) in [6, 6.07) is 16.5. The van der Waals surface area contributed by atoms with Gasteiger partial charge >= 0.3 is 0 Å². The number of hydrogen-bond donors (Lipinski definition) is 1. The lowest BCUT2D eigenvalue weighted by atomic mass is 10.1. The van der Waals surface area contributed by atoms with E-state index in [1.54, 1.807) is 6.20 Å². The Morgan fingerprint density at radius 2 is 1.88 bits per heavy atom. The first kappa shape index (κ1) is 15.6. The maximum atomic E-state index is 12.8. The number of aryl methyl sites for hydroxylation is 2. The predicted octanol–water partition coefficient (Wildman–Crippen LogP) is 3.91. The molecule has 4 nitrogen and oxygen atoms in total. The monoisotopic (exact) mass is 331 g/mol. The third-order valence-electron chi connectivity index (χ3n) is 5.04. The first-order valence-corrected chi connectivity index (χ1v) is 8.64. The van der Waals surface area contributed by atoms with Crippen molar-refractivity contribution in [3.8, 4) is 5.69 Å². The largest absolute Gasteiger partial charge is 0.345 e. The molecule has 0 radical (unpaired) electrons. The zero-order valence-corrected chi connectivity index (χ0v) is 14.5. The van der Waals surface area contributed by atoms with E-state index in [4.69, 9.17) is 0 Å². The van der Waals surface area contributed by atoms with Crippen LogP contribution < -0.4 is 5.32 Å². The van der Waals surface area contributed by atoms with Gasteiger partial charge in [0.15, 0.2) is 0 Å². The number of hydrogen-bond acceptors (Lipinski definition) is 2. The van der Waals surface area contributed by atoms with Gasteiger partial charge in [-0.25, -0.2) is 4.68 Å². The fraction of sp³-hybridized carbons (Fsp3) is 0.238. The first-order chi connectivity index (χ1) is 12.1. The van der Waals surface area contributed by atoms with Gasteiger partial charge < -0.3 is 5.32 Å². The van der Waals surface area contributed by atoms with Crippen LogP contribution in [0.15, 0.2) is 54.7 Å². The minimum absolute atomic E-state index is 0.0564. The summed E-state index contributed by atoms with van der Waals surface area (Å²) < 4.78 is 1.84. The summed E-state index contributed by atoms with van der Waals surface area (Å²) in [6.45, 7) is 3.99. The van der Waals surface area contributed by atoms with Crippen LogP contribution in [-0.2, 0) is 6.42 Å². The Morgan fingerprint density at radius 1 is 1.12 bits per heavy atom. The lowest BCUT2D eigenvalue weighted by Crippen LogP contribution is -2.27. The SMILES string of the molecule is Cc1ccccc1-n1ncc(C(=O)N[C@H]2CCc3ccccc32)c1C. The Hall–Kier alpha value is -2.88. The van der Waals surface area contributed by atoms with Gasteiger partial charge in [-0.15, -0.1) is 0 Å². The molecule has 1 aliphatic rings. The molecule has 4 rings (SSSR count). The van der Waals surface area contributed by atoms with Gasteiger partial charge in [0.05, 0.1) is 29.2 Å². The molecule has 25 heavy (non-hydrogen) atoms. The maximum absolute atomic E-state index is 12.8. The Kier molecular flexibility index (Phi) is 3.88. The molecule has 126 valence electrons. The fourth-order valence-corrected chi connectivity index (χ4v) is 3.62. The summed E-state index contributed by atoms with van der Waals surface area (Å²) in [5, 5.41) is 7.62. The van der Waals surface area contributed by atoms with Crippen molar-refractivity contribution in [3.05, 3.63) is 82.7 Å². The van der Waals surface area contributed by atoms with Gasteiger partial charge in [0.1, 0.15) is 0 Å². The lowest BCUT2D eigenvalue weighted by molar-refractivity contribution is 0.0936. The van der Waals surface area contributed by atoms with Gasteiger partial charge in [-0.3, -0.25) is 4.79 Å². The van der Waals surface area contributed by atoms with Crippen LogP contribution in [-0.4, -0.2) is 15.7 Å². The molecular formula is C21H21N3O. The summed E-state index contributed by atoms with van der Waals surface area (Å²) in [4.78, 5) is 12.8. The second-order valence-electron chi connectivity index (χ2n) is 6.61. The van der Waals surface area contributed by atoms with Gasteiger partial charge in [0, 0.05) is 0 Å². The quantitative estimate of drug-likeness (QED) is 0.791. The topological polar surface area (TPSA) is 46.9 Å². The third kappa shape index (κ3) is 2.74. The summed E-state index contributed by atoms with van der Waals surface area (Å²) in [7, 11) is 0. The van der Waals surface area contributed by atoms with Gasteiger partial charge in [-0.05, 0) is 49.4 Å². The molecule has 1 N–H and O–H groups in total. The molecule has 0 bridgehead atoms. The van der Waals surface area contributed by atoms with E-state index in [0.717, 1.165) is 29.8 Å². The zero-order valence-electron chi connectivity index (χ0n) is 14.5. The molecular weight excluding hydrogens is 310 g/mol. The van der Waals surface area contributed by atoms with E-state index in [1.165, 1.54) is 11.1 Å². The van der Waals surface area contributed by atoms with E-state index in [-0.39, 0.29) is 11.9 Å². The van der Waals surface area contributed by atoms with Crippen molar-refractivity contribution < 1.29 is 4.79 Å². The molecule has 4 heteroatoms. The number of amides is 1. The highest BCUT2D eigenvalue weighted by atomic mass is 16.1. The molecule has 1 heterocycles. The van der Waals surface area contributed by atoms with E-state index in [1.807, 2.05) is 48.9 Å². The number of nitrogens with zero attached hydrogens (tertiary/aromatic N) is 2. The standard InChI is InChI=1S/C21H21N3O/c1-14-7-3-6-10-20(14)24-15(2)18(13-22-24)21(25)23-19-12-11-16-8-4-5-9-17(16)19/h3-10,13,19H,11-12H2,1-2H3,(H,23,25)/t19-/m0/s1. The number of carbonyl (C=O) groups is 1. The first-order valence-electron chi connectivity index (χ1n) is 8.64. The highest BCUT2D eigenvalue weighted by Crippen LogP contribution is 2.31. The van der Waals surface area contributed by atoms with Crippen molar-refractivity contribution in [3.63, 3.8) is 0 Å². The van der Waals surface area contributed by atoms with Crippen molar-refractivity contribution in [2.45, 2.75) is 32.7 Å². The van der Waals surface area contributed by atoms with Crippen LogP contribution in [0.25, 0.3) is 5.69 Å². The van der Waals surface area contributed by atoms with Crippen LogP contribution in [0.1, 0.15) is 45.2 Å². The van der Waals surface area contributed by atoms with Crippen LogP contribution >= 0.6 is 0 Å². The Morgan fingerprint density at radius 3 is 2.72 bits per heavy atom. The maximum Gasteiger partial charge on any atom is 0.255 e. The van der Waals surface area contributed by atoms with E-state index < -0.39 is 0 Å². The summed E-state index contributed by atoms with van der Waals surface area (Å²) in [6.07, 6.45) is 3.64. The van der Waals surface area contributed by atoms with Gasteiger partial charge in [-0.2, -0.15) is 5.10 Å². The predicted molar refractivity (Wildman–Crippen MR) is 98.0 cm³/mol. The Balaban J connectivity index is 1.59. The molecule has 1 amide bonds. The Labute approximate surface area is 147 Å².